The van der Waals surface area contributed by atoms with Gasteiger partial charge in [0, 0.05) is 6.42 Å². The Kier molecular flexibility index (Phi) is 6.15. The topological polar surface area (TPSA) is 72.8 Å². The maximum Gasteiger partial charge on any atom is 0.343 e. The summed E-state index contributed by atoms with van der Waals surface area (Å²) in [6, 6.07) is 0. The number of ether oxygens (including phenoxy) is 2. The minimum atomic E-state index is -1.02. The monoisotopic (exact) mass is 330 g/mol. The predicted octanol–water partition coefficient (Wildman–Crippen LogP) is 3.13. The standard InChI is InChI=1S/C16H26O5S/c1-9(2)12-5-10(3)4-11(6-12)7-13(17)20-14-8-22-16(21-14)15(18)19/h9-12,14,16H,4-8H2,1-3H3,(H,18,19)/t10-,11?,12+,14?,16-/m0/s1. The van der Waals surface area contributed by atoms with E-state index in [1.54, 1.807) is 0 Å². The van der Waals surface area contributed by atoms with Gasteiger partial charge in [-0.2, -0.15) is 0 Å². The summed E-state index contributed by atoms with van der Waals surface area (Å²) in [5, 5.41) is 8.85. The fraction of sp³-hybridized carbons (Fsp3) is 0.875. The molecule has 0 bridgehead atoms. The number of hydrogen-bond donors (Lipinski definition) is 1. The normalized spacial score (nSPS) is 35.5. The van der Waals surface area contributed by atoms with Crippen molar-refractivity contribution in [1.29, 1.82) is 0 Å². The van der Waals surface area contributed by atoms with Gasteiger partial charge in [-0.3, -0.25) is 4.79 Å². The summed E-state index contributed by atoms with van der Waals surface area (Å²) in [6.45, 7) is 6.74. The lowest BCUT2D eigenvalue weighted by Gasteiger charge is -2.35. The van der Waals surface area contributed by atoms with Gasteiger partial charge < -0.3 is 14.6 Å². The Hall–Kier alpha value is -0.750. The van der Waals surface area contributed by atoms with E-state index in [0.29, 0.717) is 35.8 Å². The molecule has 0 aromatic carbocycles. The van der Waals surface area contributed by atoms with E-state index in [1.807, 2.05) is 0 Å². The van der Waals surface area contributed by atoms with Gasteiger partial charge in [-0.15, -0.1) is 11.8 Å². The van der Waals surface area contributed by atoms with Crippen LogP contribution >= 0.6 is 11.8 Å². The Morgan fingerprint density at radius 2 is 2.05 bits per heavy atom. The second kappa shape index (κ2) is 7.68. The van der Waals surface area contributed by atoms with Crippen molar-refractivity contribution in [1.82, 2.24) is 0 Å². The fourth-order valence-electron chi connectivity index (χ4n) is 3.52. The highest BCUT2D eigenvalue weighted by molar-refractivity contribution is 8.00. The number of carboxylic acid groups (broad SMARTS) is 1. The first-order valence-electron chi connectivity index (χ1n) is 8.04. The summed E-state index contributed by atoms with van der Waals surface area (Å²) in [5.74, 6) is 1.44. The Balaban J connectivity index is 1.78. The Morgan fingerprint density at radius 1 is 1.32 bits per heavy atom. The zero-order valence-electron chi connectivity index (χ0n) is 13.5. The third-order valence-electron chi connectivity index (χ3n) is 4.60. The third-order valence-corrected chi connectivity index (χ3v) is 5.68. The Bertz CT molecular complexity index is 411. The molecule has 2 rings (SSSR count). The van der Waals surface area contributed by atoms with Crippen LogP contribution in [0.1, 0.15) is 46.5 Å². The molecule has 1 saturated carbocycles. The summed E-state index contributed by atoms with van der Waals surface area (Å²) in [6.07, 6.45) is 3.08. The van der Waals surface area contributed by atoms with Gasteiger partial charge in [0.05, 0.1) is 5.75 Å². The van der Waals surface area contributed by atoms with Crippen molar-refractivity contribution in [3.05, 3.63) is 0 Å². The molecule has 2 aliphatic rings. The molecule has 1 aliphatic carbocycles. The van der Waals surface area contributed by atoms with E-state index in [9.17, 15) is 9.59 Å². The highest BCUT2D eigenvalue weighted by Gasteiger charge is 2.35. The van der Waals surface area contributed by atoms with Crippen LogP contribution in [0.15, 0.2) is 0 Å². The molecule has 5 nitrogen and oxygen atoms in total. The van der Waals surface area contributed by atoms with E-state index < -0.39 is 17.7 Å². The van der Waals surface area contributed by atoms with E-state index in [4.69, 9.17) is 14.6 Å². The largest absolute Gasteiger partial charge is 0.479 e. The maximum atomic E-state index is 12.1. The molecule has 0 amide bonds. The quantitative estimate of drug-likeness (QED) is 0.781. The molecule has 2 fully saturated rings. The Labute approximate surface area is 136 Å². The second-order valence-corrected chi connectivity index (χ2v) is 8.04. The number of rotatable bonds is 5. The number of hydrogen-bond acceptors (Lipinski definition) is 5. The first kappa shape index (κ1) is 17.6. The molecule has 22 heavy (non-hydrogen) atoms. The zero-order valence-corrected chi connectivity index (χ0v) is 14.3. The van der Waals surface area contributed by atoms with Crippen LogP contribution in [0.4, 0.5) is 0 Å². The van der Waals surface area contributed by atoms with E-state index in [1.165, 1.54) is 6.42 Å². The molecule has 0 aromatic rings. The average Bonchev–Trinajstić information content (AvgIpc) is 2.86. The van der Waals surface area contributed by atoms with Crippen LogP contribution in [0.3, 0.4) is 0 Å². The number of carboxylic acids is 1. The van der Waals surface area contributed by atoms with Crippen molar-refractivity contribution in [3.63, 3.8) is 0 Å². The minimum Gasteiger partial charge on any atom is -0.479 e. The number of carbonyl (C=O) groups excluding carboxylic acids is 1. The lowest BCUT2D eigenvalue weighted by atomic mass is 9.71. The van der Waals surface area contributed by atoms with E-state index >= 15 is 0 Å². The SMILES string of the molecule is CC(C)[C@H]1CC(CC(=O)OC2CS[C@@H](C(=O)O)O2)C[C@H](C)C1. The highest BCUT2D eigenvalue weighted by Crippen LogP contribution is 2.38. The minimum absolute atomic E-state index is 0.266. The molecular formula is C16H26O5S. The first-order chi connectivity index (χ1) is 10.3. The van der Waals surface area contributed by atoms with Crippen LogP contribution in [-0.4, -0.2) is 34.5 Å². The van der Waals surface area contributed by atoms with E-state index in [-0.39, 0.29) is 5.97 Å². The van der Waals surface area contributed by atoms with Gasteiger partial charge in [-0.05, 0) is 42.9 Å². The van der Waals surface area contributed by atoms with Gasteiger partial charge in [-0.25, -0.2) is 4.79 Å². The number of carbonyl (C=O) groups is 2. The molecule has 1 aliphatic heterocycles. The molecular weight excluding hydrogens is 304 g/mol. The van der Waals surface area contributed by atoms with E-state index in [2.05, 4.69) is 20.8 Å². The summed E-state index contributed by atoms with van der Waals surface area (Å²) < 4.78 is 10.5. The van der Waals surface area contributed by atoms with Crippen molar-refractivity contribution < 1.29 is 24.2 Å². The number of thioether (sulfide) groups is 1. The van der Waals surface area contributed by atoms with Gasteiger partial charge in [0.1, 0.15) is 0 Å². The van der Waals surface area contributed by atoms with Crippen LogP contribution in [0.25, 0.3) is 0 Å². The van der Waals surface area contributed by atoms with Crippen LogP contribution in [-0.2, 0) is 19.1 Å². The lowest BCUT2D eigenvalue weighted by Crippen LogP contribution is -2.29. The fourth-order valence-corrected chi connectivity index (χ4v) is 4.34. The van der Waals surface area contributed by atoms with Gasteiger partial charge in [0.2, 0.25) is 11.7 Å². The average molecular weight is 330 g/mol. The first-order valence-corrected chi connectivity index (χ1v) is 9.09. The molecule has 0 spiro atoms. The van der Waals surface area contributed by atoms with Crippen molar-refractivity contribution in [2.75, 3.05) is 5.75 Å². The molecule has 2 unspecified atom stereocenters. The van der Waals surface area contributed by atoms with Gasteiger partial charge in [0.25, 0.3) is 0 Å². The number of aliphatic carboxylic acids is 1. The van der Waals surface area contributed by atoms with Gasteiger partial charge in [-0.1, -0.05) is 20.8 Å². The maximum absolute atomic E-state index is 12.1. The molecule has 6 heteroatoms. The Morgan fingerprint density at radius 3 is 2.64 bits per heavy atom. The van der Waals surface area contributed by atoms with Gasteiger partial charge in [0.15, 0.2) is 0 Å². The number of esters is 1. The van der Waals surface area contributed by atoms with Crippen molar-refractivity contribution in [2.24, 2.45) is 23.7 Å². The molecule has 1 saturated heterocycles. The summed E-state index contributed by atoms with van der Waals surface area (Å²) in [7, 11) is 0. The van der Waals surface area contributed by atoms with Crippen LogP contribution in [0.2, 0.25) is 0 Å². The van der Waals surface area contributed by atoms with Crippen LogP contribution in [0, 0.1) is 23.7 Å². The molecule has 0 radical (unpaired) electrons. The molecule has 0 aromatic heterocycles. The smallest absolute Gasteiger partial charge is 0.343 e. The van der Waals surface area contributed by atoms with E-state index in [0.717, 1.165) is 24.6 Å². The zero-order chi connectivity index (χ0) is 16.3. The van der Waals surface area contributed by atoms with Gasteiger partial charge >= 0.3 is 11.9 Å². The van der Waals surface area contributed by atoms with Crippen LogP contribution in [0.5, 0.6) is 0 Å². The second-order valence-electron chi connectivity index (χ2n) is 6.95. The molecule has 5 atom stereocenters. The lowest BCUT2D eigenvalue weighted by molar-refractivity contribution is -0.181. The van der Waals surface area contributed by atoms with Crippen molar-refractivity contribution >= 4 is 23.7 Å². The summed E-state index contributed by atoms with van der Waals surface area (Å²) >= 11 is 1.15. The van der Waals surface area contributed by atoms with Crippen molar-refractivity contribution in [3.8, 4) is 0 Å². The highest BCUT2D eigenvalue weighted by atomic mass is 32.2. The molecule has 1 N–H and O–H groups in total. The summed E-state index contributed by atoms with van der Waals surface area (Å²) in [4.78, 5) is 22.9. The third kappa shape index (κ3) is 4.88. The summed E-state index contributed by atoms with van der Waals surface area (Å²) in [5.41, 5.74) is -0.919. The predicted molar refractivity (Wildman–Crippen MR) is 84.3 cm³/mol. The van der Waals surface area contributed by atoms with Crippen molar-refractivity contribution in [2.45, 2.75) is 58.2 Å². The van der Waals surface area contributed by atoms with Crippen LogP contribution < -0.4 is 0 Å². The molecule has 126 valence electrons. The molecule has 1 heterocycles.